The number of anilines is 1. The Bertz CT molecular complexity index is 644. The van der Waals surface area contributed by atoms with Crippen LogP contribution in [0.25, 0.3) is 0 Å². The molecule has 0 unspecified atom stereocenters. The summed E-state index contributed by atoms with van der Waals surface area (Å²) in [5, 5.41) is 0. The molecule has 0 aliphatic heterocycles. The third-order valence-corrected chi connectivity index (χ3v) is 3.98. The van der Waals surface area contributed by atoms with Crippen molar-refractivity contribution in [1.82, 2.24) is 14.7 Å². The molecule has 6 nitrogen and oxygen atoms in total. The third kappa shape index (κ3) is 3.73. The van der Waals surface area contributed by atoms with Crippen molar-refractivity contribution in [3.63, 3.8) is 0 Å². The molecule has 19 heavy (non-hydrogen) atoms. The lowest BCUT2D eigenvalue weighted by Crippen LogP contribution is -2.26. The molecule has 0 aromatic carbocycles. The van der Waals surface area contributed by atoms with Crippen LogP contribution in [0.3, 0.4) is 0 Å². The Balaban J connectivity index is 1.99. The second-order valence-electron chi connectivity index (χ2n) is 3.92. The highest BCUT2D eigenvalue weighted by molar-refractivity contribution is 7.89. The van der Waals surface area contributed by atoms with Gasteiger partial charge in [0.2, 0.25) is 10.0 Å². The van der Waals surface area contributed by atoms with Crippen LogP contribution in [0, 0.1) is 0 Å². The second-order valence-corrected chi connectivity index (χ2v) is 5.69. The molecular formula is C12H14N4O2S. The molecule has 100 valence electrons. The minimum absolute atomic E-state index is 0.120. The molecule has 0 aliphatic rings. The molecule has 0 aliphatic carbocycles. The highest BCUT2D eigenvalue weighted by Crippen LogP contribution is 2.10. The van der Waals surface area contributed by atoms with Crippen molar-refractivity contribution < 1.29 is 8.42 Å². The van der Waals surface area contributed by atoms with Gasteiger partial charge in [0.1, 0.15) is 5.82 Å². The fourth-order valence-corrected chi connectivity index (χ4v) is 2.61. The van der Waals surface area contributed by atoms with Gasteiger partial charge in [-0.15, -0.1) is 0 Å². The van der Waals surface area contributed by atoms with E-state index in [2.05, 4.69) is 14.7 Å². The molecule has 3 N–H and O–H groups in total. The highest BCUT2D eigenvalue weighted by Gasteiger charge is 2.13. The maximum Gasteiger partial charge on any atom is 0.240 e. The Morgan fingerprint density at radius 1 is 1.16 bits per heavy atom. The molecule has 0 saturated carbocycles. The number of hydrogen-bond donors (Lipinski definition) is 2. The van der Waals surface area contributed by atoms with Crippen LogP contribution in [-0.4, -0.2) is 24.9 Å². The van der Waals surface area contributed by atoms with Crippen LogP contribution in [0.1, 0.15) is 5.56 Å². The standard InChI is InChI=1S/C12H14N4O2S/c13-12-9-11(4-7-15-12)19(17,18)16-8-3-10-1-5-14-6-2-10/h1-2,4-7,9,16H,3,8H2,(H2,13,15). The Morgan fingerprint density at radius 2 is 1.89 bits per heavy atom. The van der Waals surface area contributed by atoms with Crippen LogP contribution >= 0.6 is 0 Å². The number of pyridine rings is 2. The van der Waals surface area contributed by atoms with Crippen LogP contribution in [0.2, 0.25) is 0 Å². The molecule has 2 rings (SSSR count). The number of nitrogens with zero attached hydrogens (tertiary/aromatic N) is 2. The summed E-state index contributed by atoms with van der Waals surface area (Å²) in [6.07, 6.45) is 5.32. The quantitative estimate of drug-likeness (QED) is 0.833. The first-order chi connectivity index (χ1) is 9.08. The summed E-state index contributed by atoms with van der Waals surface area (Å²) in [7, 11) is -3.54. The van der Waals surface area contributed by atoms with Crippen LogP contribution < -0.4 is 10.5 Å². The molecule has 2 heterocycles. The number of nitrogens with one attached hydrogen (secondary N) is 1. The first-order valence-corrected chi connectivity index (χ1v) is 7.16. The second kappa shape index (κ2) is 5.77. The number of nitrogen functional groups attached to an aromatic ring is 1. The number of sulfonamides is 1. The van der Waals surface area contributed by atoms with Gasteiger partial charge in [0.05, 0.1) is 4.90 Å². The van der Waals surface area contributed by atoms with Gasteiger partial charge >= 0.3 is 0 Å². The molecule has 2 aromatic heterocycles. The first-order valence-electron chi connectivity index (χ1n) is 5.68. The van der Waals surface area contributed by atoms with E-state index in [0.717, 1.165) is 5.56 Å². The molecule has 0 bridgehead atoms. The van der Waals surface area contributed by atoms with Crippen LogP contribution in [0.15, 0.2) is 47.8 Å². The van der Waals surface area contributed by atoms with E-state index in [1.807, 2.05) is 12.1 Å². The van der Waals surface area contributed by atoms with E-state index in [1.165, 1.54) is 18.3 Å². The van der Waals surface area contributed by atoms with Crippen molar-refractivity contribution in [2.24, 2.45) is 0 Å². The number of rotatable bonds is 5. The molecule has 0 spiro atoms. The third-order valence-electron chi connectivity index (χ3n) is 2.52. The van der Waals surface area contributed by atoms with Gasteiger partial charge in [-0.05, 0) is 30.2 Å². The van der Waals surface area contributed by atoms with Crippen molar-refractivity contribution in [2.45, 2.75) is 11.3 Å². The van der Waals surface area contributed by atoms with E-state index in [0.29, 0.717) is 13.0 Å². The monoisotopic (exact) mass is 278 g/mol. The van der Waals surface area contributed by atoms with Crippen molar-refractivity contribution in [2.75, 3.05) is 12.3 Å². The van der Waals surface area contributed by atoms with E-state index < -0.39 is 10.0 Å². The van der Waals surface area contributed by atoms with E-state index in [1.54, 1.807) is 12.4 Å². The van der Waals surface area contributed by atoms with Crippen molar-refractivity contribution in [3.8, 4) is 0 Å². The summed E-state index contributed by atoms with van der Waals surface area (Å²) in [5.41, 5.74) is 6.49. The molecule has 0 saturated heterocycles. The van der Waals surface area contributed by atoms with Crippen LogP contribution in [-0.2, 0) is 16.4 Å². The first kappa shape index (κ1) is 13.4. The lowest BCUT2D eigenvalue weighted by Gasteiger charge is -2.07. The van der Waals surface area contributed by atoms with E-state index >= 15 is 0 Å². The van der Waals surface area contributed by atoms with E-state index in [9.17, 15) is 8.42 Å². The molecular weight excluding hydrogens is 264 g/mol. The summed E-state index contributed by atoms with van der Waals surface area (Å²) >= 11 is 0. The number of hydrogen-bond acceptors (Lipinski definition) is 5. The smallest absolute Gasteiger partial charge is 0.240 e. The normalized spacial score (nSPS) is 11.4. The zero-order valence-electron chi connectivity index (χ0n) is 10.2. The number of aromatic nitrogens is 2. The van der Waals surface area contributed by atoms with Gasteiger partial charge in [0, 0.05) is 31.2 Å². The van der Waals surface area contributed by atoms with Crippen molar-refractivity contribution >= 4 is 15.8 Å². The summed E-state index contributed by atoms with van der Waals surface area (Å²) in [5.74, 6) is 0.178. The van der Waals surface area contributed by atoms with Gasteiger partial charge in [-0.2, -0.15) is 0 Å². The number of nitrogens with two attached hydrogens (primary N) is 1. The van der Waals surface area contributed by atoms with Crippen LogP contribution in [0.5, 0.6) is 0 Å². The molecule has 0 radical (unpaired) electrons. The average Bonchev–Trinajstić information content (AvgIpc) is 2.40. The maximum absolute atomic E-state index is 12.0. The zero-order valence-corrected chi connectivity index (χ0v) is 11.0. The Kier molecular flexibility index (Phi) is 4.08. The SMILES string of the molecule is Nc1cc(S(=O)(=O)NCCc2ccncc2)ccn1. The van der Waals surface area contributed by atoms with Crippen LogP contribution in [0.4, 0.5) is 5.82 Å². The molecule has 0 amide bonds. The molecule has 7 heteroatoms. The Labute approximate surface area is 111 Å². The lowest BCUT2D eigenvalue weighted by atomic mass is 10.2. The molecule has 2 aromatic rings. The van der Waals surface area contributed by atoms with Gasteiger partial charge in [0.25, 0.3) is 0 Å². The predicted octanol–water partition coefficient (Wildman–Crippen LogP) is 0.580. The minimum Gasteiger partial charge on any atom is -0.384 e. The van der Waals surface area contributed by atoms with Gasteiger partial charge in [-0.1, -0.05) is 0 Å². The maximum atomic E-state index is 12.0. The fourth-order valence-electron chi connectivity index (χ4n) is 1.56. The topological polar surface area (TPSA) is 98.0 Å². The fraction of sp³-hybridized carbons (Fsp3) is 0.167. The predicted molar refractivity (Wildman–Crippen MR) is 71.8 cm³/mol. The summed E-state index contributed by atoms with van der Waals surface area (Å²) in [4.78, 5) is 7.78. The Hall–Kier alpha value is -1.99. The van der Waals surface area contributed by atoms with Gasteiger partial charge in [-0.3, -0.25) is 4.98 Å². The summed E-state index contributed by atoms with van der Waals surface area (Å²) in [6, 6.07) is 6.43. The van der Waals surface area contributed by atoms with Crippen molar-refractivity contribution in [3.05, 3.63) is 48.4 Å². The molecule has 0 fully saturated rings. The lowest BCUT2D eigenvalue weighted by molar-refractivity contribution is 0.581. The highest BCUT2D eigenvalue weighted by atomic mass is 32.2. The van der Waals surface area contributed by atoms with Gasteiger partial charge in [0.15, 0.2) is 0 Å². The zero-order chi connectivity index (χ0) is 13.7. The minimum atomic E-state index is -3.54. The largest absolute Gasteiger partial charge is 0.384 e. The van der Waals surface area contributed by atoms with E-state index in [-0.39, 0.29) is 10.7 Å². The average molecular weight is 278 g/mol. The summed E-state index contributed by atoms with van der Waals surface area (Å²) in [6.45, 7) is 0.314. The van der Waals surface area contributed by atoms with E-state index in [4.69, 9.17) is 5.73 Å². The Morgan fingerprint density at radius 3 is 2.58 bits per heavy atom. The van der Waals surface area contributed by atoms with Crippen molar-refractivity contribution in [1.29, 1.82) is 0 Å². The van der Waals surface area contributed by atoms with Gasteiger partial charge < -0.3 is 5.73 Å². The molecule has 0 atom stereocenters. The summed E-state index contributed by atoms with van der Waals surface area (Å²) < 4.78 is 26.5. The van der Waals surface area contributed by atoms with Gasteiger partial charge in [-0.25, -0.2) is 18.1 Å².